The zero-order valence-electron chi connectivity index (χ0n) is 8.25. The average Bonchev–Trinajstić information content (AvgIpc) is 2.77. The topological polar surface area (TPSA) is 60.2 Å². The summed E-state index contributed by atoms with van der Waals surface area (Å²) in [6, 6.07) is 0. The summed E-state index contributed by atoms with van der Waals surface area (Å²) in [6.07, 6.45) is 3.78. The summed E-state index contributed by atoms with van der Waals surface area (Å²) in [6.45, 7) is 3.77. The summed E-state index contributed by atoms with van der Waals surface area (Å²) in [5, 5.41) is 5.07. The molecule has 0 spiro atoms. The molecule has 0 aromatic carbocycles. The quantitative estimate of drug-likeness (QED) is 0.802. The highest BCUT2D eigenvalue weighted by molar-refractivity contribution is 7.19. The van der Waals surface area contributed by atoms with Crippen LogP contribution in [0.3, 0.4) is 0 Å². The van der Waals surface area contributed by atoms with Gasteiger partial charge in [0.15, 0.2) is 5.13 Å². The van der Waals surface area contributed by atoms with Gasteiger partial charge in [0.1, 0.15) is 5.00 Å². The molecule has 2 rings (SSSR count). The van der Waals surface area contributed by atoms with E-state index < -0.39 is 0 Å². The maximum atomic E-state index is 5.62. The number of anilines is 2. The smallest absolute Gasteiger partial charge is 0.185 e. The number of rotatable bonds is 3. The third kappa shape index (κ3) is 1.83. The highest BCUT2D eigenvalue weighted by Gasteiger charge is 2.33. The van der Waals surface area contributed by atoms with Gasteiger partial charge in [-0.3, -0.25) is 0 Å². The second-order valence-corrected chi connectivity index (χ2v) is 4.69. The first kappa shape index (κ1) is 9.73. The zero-order chi connectivity index (χ0) is 10.0. The predicted octanol–water partition coefficient (Wildman–Crippen LogP) is 1.71. The van der Waals surface area contributed by atoms with Crippen molar-refractivity contribution in [1.29, 1.82) is 0 Å². The van der Waals surface area contributed by atoms with Crippen LogP contribution in [0.15, 0.2) is 6.20 Å². The summed E-state index contributed by atoms with van der Waals surface area (Å²) in [4.78, 5) is 4.20. The largest absolute Gasteiger partial charge is 0.389 e. The van der Waals surface area contributed by atoms with Crippen LogP contribution in [-0.2, 0) is 4.74 Å². The van der Waals surface area contributed by atoms with Crippen molar-refractivity contribution in [2.75, 3.05) is 24.3 Å². The Morgan fingerprint density at radius 2 is 2.64 bits per heavy atom. The minimum atomic E-state index is 0.0737. The molecule has 1 aliphatic rings. The van der Waals surface area contributed by atoms with Crippen molar-refractivity contribution in [2.24, 2.45) is 0 Å². The second-order valence-electron chi connectivity index (χ2n) is 3.63. The fourth-order valence-electron chi connectivity index (χ4n) is 1.64. The van der Waals surface area contributed by atoms with E-state index in [-0.39, 0.29) is 5.54 Å². The fourth-order valence-corrected chi connectivity index (χ4v) is 2.35. The van der Waals surface area contributed by atoms with Gasteiger partial charge >= 0.3 is 0 Å². The standard InChI is InChI=1S/C9H15N3OS/c1-2-9(3-4-13-6-9)12-8-11-5-7(10)14-8/h5H,2-4,6,10H2,1H3,(H,11,12). The fraction of sp³-hybridized carbons (Fsp3) is 0.667. The molecule has 0 aliphatic carbocycles. The summed E-state index contributed by atoms with van der Waals surface area (Å²) in [7, 11) is 0. The van der Waals surface area contributed by atoms with Crippen molar-refractivity contribution in [3.8, 4) is 0 Å². The number of nitrogens with zero attached hydrogens (tertiary/aromatic N) is 1. The Morgan fingerprint density at radius 3 is 3.14 bits per heavy atom. The monoisotopic (exact) mass is 213 g/mol. The van der Waals surface area contributed by atoms with E-state index in [9.17, 15) is 0 Å². The number of nitrogen functional groups attached to an aromatic ring is 1. The van der Waals surface area contributed by atoms with E-state index in [1.807, 2.05) is 0 Å². The van der Waals surface area contributed by atoms with E-state index >= 15 is 0 Å². The minimum absolute atomic E-state index is 0.0737. The van der Waals surface area contributed by atoms with E-state index in [0.717, 1.165) is 36.2 Å². The molecule has 1 atom stereocenters. The van der Waals surface area contributed by atoms with Crippen LogP contribution in [-0.4, -0.2) is 23.7 Å². The average molecular weight is 213 g/mol. The van der Waals surface area contributed by atoms with Gasteiger partial charge in [0.25, 0.3) is 0 Å². The molecule has 3 N–H and O–H groups in total. The number of thiazole rings is 1. The van der Waals surface area contributed by atoms with Gasteiger partial charge in [0.05, 0.1) is 18.3 Å². The first-order valence-corrected chi connectivity index (χ1v) is 5.63. The van der Waals surface area contributed by atoms with Crippen molar-refractivity contribution in [3.63, 3.8) is 0 Å². The van der Waals surface area contributed by atoms with E-state index in [1.54, 1.807) is 6.20 Å². The number of hydrogen-bond acceptors (Lipinski definition) is 5. The molecule has 1 aliphatic heterocycles. The number of ether oxygens (including phenoxy) is 1. The molecule has 4 nitrogen and oxygen atoms in total. The lowest BCUT2D eigenvalue weighted by Crippen LogP contribution is -2.37. The summed E-state index contributed by atoms with van der Waals surface area (Å²) >= 11 is 1.49. The molecular formula is C9H15N3OS. The Balaban J connectivity index is 2.08. The van der Waals surface area contributed by atoms with Crippen LogP contribution in [0.5, 0.6) is 0 Å². The SMILES string of the molecule is CCC1(Nc2ncc(N)s2)CCOC1. The molecule has 14 heavy (non-hydrogen) atoms. The van der Waals surface area contributed by atoms with Crippen molar-refractivity contribution in [3.05, 3.63) is 6.20 Å². The van der Waals surface area contributed by atoms with Gasteiger partial charge in [0.2, 0.25) is 0 Å². The zero-order valence-corrected chi connectivity index (χ0v) is 9.06. The summed E-state index contributed by atoms with van der Waals surface area (Å²) in [5.74, 6) is 0. The predicted molar refractivity (Wildman–Crippen MR) is 58.6 cm³/mol. The van der Waals surface area contributed by atoms with Gasteiger partial charge in [-0.2, -0.15) is 0 Å². The Bertz CT molecular complexity index is 307. The lowest BCUT2D eigenvalue weighted by atomic mass is 9.96. The number of hydrogen-bond donors (Lipinski definition) is 2. The number of nitrogens with two attached hydrogens (primary N) is 1. The molecule has 1 aromatic heterocycles. The van der Waals surface area contributed by atoms with Crippen LogP contribution in [0.25, 0.3) is 0 Å². The summed E-state index contributed by atoms with van der Waals surface area (Å²) in [5.41, 5.74) is 5.70. The van der Waals surface area contributed by atoms with Crippen LogP contribution >= 0.6 is 11.3 Å². The second kappa shape index (κ2) is 3.74. The maximum absolute atomic E-state index is 5.62. The van der Waals surface area contributed by atoms with Crippen molar-refractivity contribution >= 4 is 21.5 Å². The highest BCUT2D eigenvalue weighted by atomic mass is 32.1. The first-order valence-electron chi connectivity index (χ1n) is 4.81. The number of nitrogens with one attached hydrogen (secondary N) is 1. The van der Waals surface area contributed by atoms with Gasteiger partial charge in [-0.25, -0.2) is 4.98 Å². The molecule has 1 saturated heterocycles. The first-order chi connectivity index (χ1) is 6.74. The van der Waals surface area contributed by atoms with Gasteiger partial charge in [-0.15, -0.1) is 0 Å². The van der Waals surface area contributed by atoms with E-state index in [0.29, 0.717) is 0 Å². The molecule has 1 unspecified atom stereocenters. The van der Waals surface area contributed by atoms with Crippen LogP contribution < -0.4 is 11.1 Å². The van der Waals surface area contributed by atoms with E-state index in [4.69, 9.17) is 10.5 Å². The molecule has 0 radical (unpaired) electrons. The Kier molecular flexibility index (Phi) is 2.60. The van der Waals surface area contributed by atoms with Crippen molar-refractivity contribution in [2.45, 2.75) is 25.3 Å². The Labute approximate surface area is 87.5 Å². The lowest BCUT2D eigenvalue weighted by molar-refractivity contribution is 0.181. The molecule has 1 aromatic rings. The maximum Gasteiger partial charge on any atom is 0.185 e. The summed E-state index contributed by atoms with van der Waals surface area (Å²) < 4.78 is 5.41. The van der Waals surface area contributed by atoms with Crippen LogP contribution in [0.2, 0.25) is 0 Å². The molecule has 78 valence electrons. The lowest BCUT2D eigenvalue weighted by Gasteiger charge is -2.26. The van der Waals surface area contributed by atoms with Gasteiger partial charge in [-0.05, 0) is 12.8 Å². The van der Waals surface area contributed by atoms with Gasteiger partial charge < -0.3 is 15.8 Å². The van der Waals surface area contributed by atoms with Gasteiger partial charge in [0, 0.05) is 6.61 Å². The minimum Gasteiger partial charge on any atom is -0.389 e. The van der Waals surface area contributed by atoms with Crippen LogP contribution in [0.4, 0.5) is 10.1 Å². The molecule has 0 bridgehead atoms. The van der Waals surface area contributed by atoms with Crippen molar-refractivity contribution in [1.82, 2.24) is 4.98 Å². The molecule has 5 heteroatoms. The van der Waals surface area contributed by atoms with Crippen molar-refractivity contribution < 1.29 is 4.74 Å². The molecule has 1 fully saturated rings. The number of aromatic nitrogens is 1. The highest BCUT2D eigenvalue weighted by Crippen LogP contribution is 2.30. The molecule has 2 heterocycles. The third-order valence-corrected chi connectivity index (χ3v) is 3.42. The molecule has 0 saturated carbocycles. The van der Waals surface area contributed by atoms with Crippen LogP contribution in [0.1, 0.15) is 19.8 Å². The molecule has 0 amide bonds. The Morgan fingerprint density at radius 1 is 1.79 bits per heavy atom. The Hall–Kier alpha value is -0.810. The van der Waals surface area contributed by atoms with E-state index in [2.05, 4.69) is 17.2 Å². The van der Waals surface area contributed by atoms with E-state index in [1.165, 1.54) is 11.3 Å². The van der Waals surface area contributed by atoms with Crippen LogP contribution in [0, 0.1) is 0 Å². The third-order valence-electron chi connectivity index (χ3n) is 2.68. The van der Waals surface area contributed by atoms with Gasteiger partial charge in [-0.1, -0.05) is 18.3 Å². The molecular weight excluding hydrogens is 198 g/mol. The normalized spacial score (nSPS) is 26.6.